The predicted octanol–water partition coefficient (Wildman–Crippen LogP) is 3.32. The van der Waals surface area contributed by atoms with Crippen molar-refractivity contribution in [1.29, 1.82) is 0 Å². The second-order valence-electron chi connectivity index (χ2n) is 6.72. The Morgan fingerprint density at radius 1 is 1.30 bits per heavy atom. The second kappa shape index (κ2) is 9.08. The third kappa shape index (κ3) is 4.35. The minimum Gasteiger partial charge on any atom is -0.485 e. The van der Waals surface area contributed by atoms with Gasteiger partial charge in [0.15, 0.2) is 28.6 Å². The first kappa shape index (κ1) is 20.1. The van der Waals surface area contributed by atoms with E-state index in [0.717, 1.165) is 5.76 Å². The Kier molecular flexibility index (Phi) is 6.08. The van der Waals surface area contributed by atoms with Crippen molar-refractivity contribution < 1.29 is 18.7 Å². The molecule has 1 aliphatic rings. The molecule has 0 N–H and O–H groups in total. The normalized spacial score (nSPS) is 15.0. The molecule has 0 bridgehead atoms. The summed E-state index contributed by atoms with van der Waals surface area (Å²) in [4.78, 5) is 14.1. The van der Waals surface area contributed by atoms with Gasteiger partial charge in [-0.25, -0.2) is 0 Å². The van der Waals surface area contributed by atoms with Gasteiger partial charge in [-0.2, -0.15) is 0 Å². The highest BCUT2D eigenvalue weighted by Gasteiger charge is 2.28. The largest absolute Gasteiger partial charge is 0.485 e. The van der Waals surface area contributed by atoms with Crippen molar-refractivity contribution in [2.75, 3.05) is 19.4 Å². The Morgan fingerprint density at radius 2 is 2.13 bits per heavy atom. The fraction of sp³-hybridized carbons (Fsp3) is 0.286. The number of fused-ring (bicyclic) bond motifs is 1. The molecular formula is C21H22N4O4S. The number of furan rings is 1. The zero-order valence-electron chi connectivity index (χ0n) is 16.6. The zero-order chi connectivity index (χ0) is 20.9. The summed E-state index contributed by atoms with van der Waals surface area (Å²) in [5.41, 5.74) is 0. The number of rotatable bonds is 8. The first-order chi connectivity index (χ1) is 14.7. The molecule has 1 atom stereocenters. The lowest BCUT2D eigenvalue weighted by molar-refractivity contribution is -0.127. The van der Waals surface area contributed by atoms with Crippen LogP contribution >= 0.6 is 11.8 Å². The van der Waals surface area contributed by atoms with Gasteiger partial charge in [-0.05, 0) is 24.3 Å². The Hall–Kier alpha value is -3.20. The number of nitrogens with zero attached hydrogens (tertiary/aromatic N) is 4. The predicted molar refractivity (Wildman–Crippen MR) is 111 cm³/mol. The van der Waals surface area contributed by atoms with Crippen LogP contribution in [0.1, 0.15) is 17.7 Å². The average molecular weight is 426 g/mol. The van der Waals surface area contributed by atoms with Crippen LogP contribution in [0, 0.1) is 0 Å². The lowest BCUT2D eigenvalue weighted by atomic mass is 10.2. The van der Waals surface area contributed by atoms with Crippen molar-refractivity contribution in [3.63, 3.8) is 0 Å². The van der Waals surface area contributed by atoms with Crippen LogP contribution in [0.3, 0.4) is 0 Å². The molecule has 0 saturated heterocycles. The number of para-hydroxylation sites is 2. The number of carbonyl (C=O) groups excluding carboxylic acids is 1. The summed E-state index contributed by atoms with van der Waals surface area (Å²) in [6.45, 7) is 5.08. The SMILES string of the molecule is C=CCn1c(SCC(=O)N(C)Cc2ccco2)nnc1C1COc2ccccc2O1. The molecule has 0 fully saturated rings. The molecule has 0 saturated carbocycles. The first-order valence-corrected chi connectivity index (χ1v) is 10.5. The summed E-state index contributed by atoms with van der Waals surface area (Å²) in [6.07, 6.45) is 2.97. The third-order valence-electron chi connectivity index (χ3n) is 4.58. The van der Waals surface area contributed by atoms with Gasteiger partial charge in [0.05, 0.1) is 18.6 Å². The van der Waals surface area contributed by atoms with Crippen LogP contribution in [0.5, 0.6) is 11.5 Å². The quantitative estimate of drug-likeness (QED) is 0.404. The number of benzene rings is 1. The van der Waals surface area contributed by atoms with Crippen LogP contribution in [0.2, 0.25) is 0 Å². The lowest BCUT2D eigenvalue weighted by Gasteiger charge is -2.26. The number of ether oxygens (including phenoxy) is 2. The van der Waals surface area contributed by atoms with Crippen LogP contribution in [-0.2, 0) is 17.9 Å². The minimum absolute atomic E-state index is 0.0303. The van der Waals surface area contributed by atoms with E-state index < -0.39 is 0 Å². The summed E-state index contributed by atoms with van der Waals surface area (Å²) in [6, 6.07) is 11.2. The summed E-state index contributed by atoms with van der Waals surface area (Å²) in [5.74, 6) is 2.97. The zero-order valence-corrected chi connectivity index (χ0v) is 17.4. The molecule has 30 heavy (non-hydrogen) atoms. The number of hydrogen-bond acceptors (Lipinski definition) is 7. The van der Waals surface area contributed by atoms with Gasteiger partial charge in [-0.1, -0.05) is 30.0 Å². The molecule has 0 radical (unpaired) electrons. The Balaban J connectivity index is 1.44. The van der Waals surface area contributed by atoms with Crippen molar-refractivity contribution in [1.82, 2.24) is 19.7 Å². The van der Waals surface area contributed by atoms with Gasteiger partial charge in [0, 0.05) is 13.6 Å². The summed E-state index contributed by atoms with van der Waals surface area (Å²) < 4.78 is 19.1. The minimum atomic E-state index is -0.390. The van der Waals surface area contributed by atoms with Gasteiger partial charge >= 0.3 is 0 Å². The van der Waals surface area contributed by atoms with E-state index in [-0.39, 0.29) is 17.8 Å². The standard InChI is InChI=1S/C21H22N4O4S/c1-3-10-25-20(18-13-28-16-8-4-5-9-17(16)29-18)22-23-21(25)30-14-19(26)24(2)12-15-7-6-11-27-15/h3-9,11,18H,1,10,12-14H2,2H3. The number of allylic oxidation sites excluding steroid dienone is 1. The number of carbonyl (C=O) groups is 1. The molecular weight excluding hydrogens is 404 g/mol. The molecule has 1 aliphatic heterocycles. The molecule has 1 unspecified atom stereocenters. The smallest absolute Gasteiger partial charge is 0.233 e. The van der Waals surface area contributed by atoms with Gasteiger partial charge in [0.25, 0.3) is 0 Å². The van der Waals surface area contributed by atoms with Gasteiger partial charge < -0.3 is 18.8 Å². The van der Waals surface area contributed by atoms with Crippen molar-refractivity contribution >= 4 is 17.7 Å². The van der Waals surface area contributed by atoms with Crippen LogP contribution in [0.15, 0.2) is 64.9 Å². The average Bonchev–Trinajstić information content (AvgIpc) is 3.42. The maximum absolute atomic E-state index is 12.5. The number of amides is 1. The van der Waals surface area contributed by atoms with Gasteiger partial charge in [-0.3, -0.25) is 9.36 Å². The van der Waals surface area contributed by atoms with Crippen molar-refractivity contribution in [3.05, 3.63) is 66.9 Å². The molecule has 9 heteroatoms. The number of hydrogen-bond donors (Lipinski definition) is 0. The first-order valence-electron chi connectivity index (χ1n) is 9.47. The highest BCUT2D eigenvalue weighted by molar-refractivity contribution is 7.99. The molecule has 3 heterocycles. The van der Waals surface area contributed by atoms with Crippen molar-refractivity contribution in [3.8, 4) is 11.5 Å². The molecule has 0 spiro atoms. The Morgan fingerprint density at radius 3 is 2.90 bits per heavy atom. The number of aromatic nitrogens is 3. The molecule has 4 rings (SSSR count). The number of thioether (sulfide) groups is 1. The van der Waals surface area contributed by atoms with Gasteiger partial charge in [0.1, 0.15) is 12.4 Å². The fourth-order valence-electron chi connectivity index (χ4n) is 3.05. The van der Waals surface area contributed by atoms with Crippen LogP contribution < -0.4 is 9.47 Å². The molecule has 3 aromatic rings. The van der Waals surface area contributed by atoms with E-state index >= 15 is 0 Å². The van der Waals surface area contributed by atoms with Crippen molar-refractivity contribution in [2.45, 2.75) is 24.3 Å². The maximum atomic E-state index is 12.5. The van der Waals surface area contributed by atoms with E-state index in [1.165, 1.54) is 11.8 Å². The van der Waals surface area contributed by atoms with Crippen LogP contribution in [0.4, 0.5) is 0 Å². The van der Waals surface area contributed by atoms with Gasteiger partial charge in [-0.15, -0.1) is 16.8 Å². The Bertz CT molecular complexity index is 1020. The highest BCUT2D eigenvalue weighted by Crippen LogP contribution is 2.36. The monoisotopic (exact) mass is 426 g/mol. The fourth-order valence-corrected chi connectivity index (χ4v) is 3.95. The van der Waals surface area contributed by atoms with E-state index in [0.29, 0.717) is 42.2 Å². The molecule has 156 valence electrons. The molecule has 0 aliphatic carbocycles. The molecule has 2 aromatic heterocycles. The summed E-state index contributed by atoms with van der Waals surface area (Å²) in [5, 5.41) is 9.22. The topological polar surface area (TPSA) is 82.6 Å². The summed E-state index contributed by atoms with van der Waals surface area (Å²) >= 11 is 1.33. The Labute approximate surface area is 178 Å². The third-order valence-corrected chi connectivity index (χ3v) is 5.53. The highest BCUT2D eigenvalue weighted by atomic mass is 32.2. The van der Waals surface area contributed by atoms with Crippen LogP contribution in [0.25, 0.3) is 0 Å². The van der Waals surface area contributed by atoms with E-state index in [1.807, 2.05) is 34.9 Å². The van der Waals surface area contributed by atoms with Gasteiger partial charge in [0.2, 0.25) is 5.91 Å². The van der Waals surface area contributed by atoms with E-state index in [9.17, 15) is 4.79 Å². The van der Waals surface area contributed by atoms with E-state index in [2.05, 4.69) is 16.8 Å². The molecule has 1 aromatic carbocycles. The maximum Gasteiger partial charge on any atom is 0.233 e. The van der Waals surface area contributed by atoms with E-state index in [4.69, 9.17) is 13.9 Å². The van der Waals surface area contributed by atoms with Crippen molar-refractivity contribution in [2.24, 2.45) is 0 Å². The molecule has 8 nitrogen and oxygen atoms in total. The lowest BCUT2D eigenvalue weighted by Crippen LogP contribution is -2.28. The second-order valence-corrected chi connectivity index (χ2v) is 7.66. The summed E-state index contributed by atoms with van der Waals surface area (Å²) in [7, 11) is 1.75. The van der Waals surface area contributed by atoms with E-state index in [1.54, 1.807) is 30.4 Å². The molecule has 1 amide bonds. The van der Waals surface area contributed by atoms with Crippen LogP contribution in [-0.4, -0.2) is 45.0 Å².